The molecule has 0 spiro atoms. The van der Waals surface area contributed by atoms with Gasteiger partial charge in [-0.3, -0.25) is 4.21 Å². The zero-order valence-corrected chi connectivity index (χ0v) is 11.5. The Labute approximate surface area is 107 Å². The van der Waals surface area contributed by atoms with Crippen LogP contribution in [-0.4, -0.2) is 22.3 Å². The number of allylic oxidation sites excluding steroid dienone is 1. The number of hydrogen-bond donors (Lipinski definition) is 0. The van der Waals surface area contributed by atoms with Crippen LogP contribution in [-0.2, 0) is 15.5 Å². The zero-order valence-electron chi connectivity index (χ0n) is 10.7. The molecule has 0 aromatic rings. The van der Waals surface area contributed by atoms with E-state index in [1.165, 1.54) is 44.1 Å². The van der Waals surface area contributed by atoms with Crippen molar-refractivity contribution >= 4 is 10.8 Å². The molecule has 1 saturated carbocycles. The van der Waals surface area contributed by atoms with E-state index in [4.69, 9.17) is 4.74 Å². The summed E-state index contributed by atoms with van der Waals surface area (Å²) in [6.45, 7) is 0.811. The van der Waals surface area contributed by atoms with Crippen LogP contribution < -0.4 is 0 Å². The maximum Gasteiger partial charge on any atom is 0.0876 e. The molecule has 0 N–H and O–H groups in total. The molecule has 0 amide bonds. The van der Waals surface area contributed by atoms with Crippen LogP contribution >= 0.6 is 0 Å². The fourth-order valence-corrected chi connectivity index (χ4v) is 4.24. The molecule has 2 rings (SSSR count). The van der Waals surface area contributed by atoms with E-state index in [-0.39, 0.29) is 0 Å². The summed E-state index contributed by atoms with van der Waals surface area (Å²) in [6, 6.07) is 0. The molecule has 1 saturated heterocycles. The molecule has 0 aromatic carbocycles. The van der Waals surface area contributed by atoms with E-state index in [9.17, 15) is 4.21 Å². The summed E-state index contributed by atoms with van der Waals surface area (Å²) in [5, 5.41) is 0. The fraction of sp³-hybridized carbons (Fsp3) is 0.857. The fourth-order valence-electron chi connectivity index (χ4n) is 2.73. The topological polar surface area (TPSA) is 26.3 Å². The Morgan fingerprint density at radius 1 is 1.24 bits per heavy atom. The minimum Gasteiger partial charge on any atom is -0.501 e. The van der Waals surface area contributed by atoms with Crippen LogP contribution in [0.2, 0.25) is 0 Å². The molecule has 2 atom stereocenters. The van der Waals surface area contributed by atoms with Gasteiger partial charge in [0.05, 0.1) is 12.9 Å². The van der Waals surface area contributed by atoms with Crippen LogP contribution in [0.5, 0.6) is 0 Å². The molecule has 0 radical (unpaired) electrons. The zero-order chi connectivity index (χ0) is 11.9. The van der Waals surface area contributed by atoms with Crippen LogP contribution in [0, 0.1) is 5.92 Å². The van der Waals surface area contributed by atoms with Gasteiger partial charge in [-0.05, 0) is 56.4 Å². The molecule has 0 aromatic heterocycles. The Morgan fingerprint density at radius 3 is 2.82 bits per heavy atom. The van der Waals surface area contributed by atoms with Gasteiger partial charge in [-0.25, -0.2) is 0 Å². The van der Waals surface area contributed by atoms with Crippen LogP contribution in [0.4, 0.5) is 0 Å². The van der Waals surface area contributed by atoms with Crippen molar-refractivity contribution in [2.75, 3.05) is 18.1 Å². The highest BCUT2D eigenvalue weighted by Crippen LogP contribution is 2.23. The molecule has 2 nitrogen and oxygen atoms in total. The molecular formula is C14H24O2S. The predicted molar refractivity (Wildman–Crippen MR) is 72.3 cm³/mol. The molecule has 98 valence electrons. The third-order valence-electron chi connectivity index (χ3n) is 3.80. The van der Waals surface area contributed by atoms with Gasteiger partial charge >= 0.3 is 0 Å². The Kier molecular flexibility index (Phi) is 5.56. The van der Waals surface area contributed by atoms with Gasteiger partial charge in [-0.15, -0.1) is 0 Å². The lowest BCUT2D eigenvalue weighted by Gasteiger charge is -2.21. The molecule has 1 aliphatic heterocycles. The normalized spacial score (nSPS) is 30.0. The molecule has 3 heteroatoms. The Hall–Kier alpha value is -0.310. The Morgan fingerprint density at radius 2 is 2.06 bits per heavy atom. The largest absolute Gasteiger partial charge is 0.501 e. The standard InChI is InChI=1S/C14H24O2S/c15-17-10-4-7-14(12-17)8-9-16-11-13-5-2-1-3-6-13/h11,14H,1-10,12H2. The third-order valence-corrected chi connectivity index (χ3v) is 5.38. The molecule has 17 heavy (non-hydrogen) atoms. The van der Waals surface area contributed by atoms with Crippen molar-refractivity contribution in [1.29, 1.82) is 0 Å². The highest BCUT2D eigenvalue weighted by atomic mass is 32.2. The minimum absolute atomic E-state index is 0.551. The maximum atomic E-state index is 11.4. The lowest BCUT2D eigenvalue weighted by atomic mass is 9.96. The van der Waals surface area contributed by atoms with Gasteiger partial charge in [0, 0.05) is 22.3 Å². The summed E-state index contributed by atoms with van der Waals surface area (Å²) in [5.41, 5.74) is 1.49. The van der Waals surface area contributed by atoms with Crippen LogP contribution in [0.1, 0.15) is 51.4 Å². The van der Waals surface area contributed by atoms with E-state index in [2.05, 4.69) is 0 Å². The molecule has 2 unspecified atom stereocenters. The second-order valence-electron chi connectivity index (χ2n) is 5.32. The SMILES string of the molecule is O=S1CCCC(CCOC=C2CCCCC2)C1. The first-order chi connectivity index (χ1) is 8.34. The smallest absolute Gasteiger partial charge is 0.0876 e. The third kappa shape index (κ3) is 4.82. The lowest BCUT2D eigenvalue weighted by Crippen LogP contribution is -2.21. The highest BCUT2D eigenvalue weighted by Gasteiger charge is 2.18. The molecule has 1 aliphatic carbocycles. The van der Waals surface area contributed by atoms with Gasteiger partial charge in [0.15, 0.2) is 0 Å². The van der Waals surface area contributed by atoms with Crippen molar-refractivity contribution in [3.05, 3.63) is 11.8 Å². The maximum absolute atomic E-state index is 11.4. The summed E-state index contributed by atoms with van der Waals surface area (Å²) in [6.07, 6.45) is 12.0. The van der Waals surface area contributed by atoms with Crippen LogP contribution in [0.3, 0.4) is 0 Å². The van der Waals surface area contributed by atoms with E-state index in [0.29, 0.717) is 5.92 Å². The van der Waals surface area contributed by atoms with Gasteiger partial charge in [-0.2, -0.15) is 0 Å². The molecule has 2 aliphatic rings. The number of hydrogen-bond acceptors (Lipinski definition) is 2. The van der Waals surface area contributed by atoms with E-state index in [1.807, 2.05) is 6.26 Å². The monoisotopic (exact) mass is 256 g/mol. The van der Waals surface area contributed by atoms with Gasteiger partial charge in [0.25, 0.3) is 0 Å². The first kappa shape index (κ1) is 13.1. The van der Waals surface area contributed by atoms with Crippen molar-refractivity contribution in [3.63, 3.8) is 0 Å². The predicted octanol–water partition coefficient (Wildman–Crippen LogP) is 3.40. The summed E-state index contributed by atoms with van der Waals surface area (Å²) in [5.74, 6) is 2.45. The van der Waals surface area contributed by atoms with Gasteiger partial charge in [0.1, 0.15) is 0 Å². The summed E-state index contributed by atoms with van der Waals surface area (Å²) < 4.78 is 17.1. The first-order valence-corrected chi connectivity index (χ1v) is 8.48. The van der Waals surface area contributed by atoms with Crippen molar-refractivity contribution < 1.29 is 8.95 Å². The quantitative estimate of drug-likeness (QED) is 0.569. The average Bonchev–Trinajstić information content (AvgIpc) is 2.36. The van der Waals surface area contributed by atoms with Gasteiger partial charge in [-0.1, -0.05) is 6.42 Å². The Balaban J connectivity index is 1.60. The molecule has 0 bridgehead atoms. The molecule has 2 fully saturated rings. The van der Waals surface area contributed by atoms with E-state index in [1.54, 1.807) is 0 Å². The van der Waals surface area contributed by atoms with E-state index < -0.39 is 10.8 Å². The summed E-state index contributed by atoms with van der Waals surface area (Å²) >= 11 is 0. The van der Waals surface area contributed by atoms with Crippen molar-refractivity contribution in [2.45, 2.75) is 51.4 Å². The minimum atomic E-state index is -0.551. The molecular weight excluding hydrogens is 232 g/mol. The lowest BCUT2D eigenvalue weighted by molar-refractivity contribution is 0.217. The van der Waals surface area contributed by atoms with Crippen LogP contribution in [0.25, 0.3) is 0 Å². The number of ether oxygens (including phenoxy) is 1. The number of rotatable bonds is 4. The average molecular weight is 256 g/mol. The second kappa shape index (κ2) is 7.20. The second-order valence-corrected chi connectivity index (χ2v) is 6.94. The van der Waals surface area contributed by atoms with Crippen LogP contribution in [0.15, 0.2) is 11.8 Å². The summed E-state index contributed by atoms with van der Waals surface area (Å²) in [7, 11) is -0.551. The van der Waals surface area contributed by atoms with Gasteiger partial charge in [0.2, 0.25) is 0 Å². The first-order valence-electron chi connectivity index (χ1n) is 6.99. The van der Waals surface area contributed by atoms with Gasteiger partial charge < -0.3 is 4.74 Å². The Bertz CT molecular complexity index is 278. The van der Waals surface area contributed by atoms with E-state index in [0.717, 1.165) is 31.0 Å². The van der Waals surface area contributed by atoms with E-state index >= 15 is 0 Å². The highest BCUT2D eigenvalue weighted by molar-refractivity contribution is 7.85. The van der Waals surface area contributed by atoms with Crippen molar-refractivity contribution in [2.24, 2.45) is 5.92 Å². The molecule has 1 heterocycles. The summed E-state index contributed by atoms with van der Waals surface area (Å²) in [4.78, 5) is 0. The van der Waals surface area contributed by atoms with Crippen molar-refractivity contribution in [1.82, 2.24) is 0 Å². The van der Waals surface area contributed by atoms with Crippen molar-refractivity contribution in [3.8, 4) is 0 Å².